The molecule has 0 spiro atoms. The summed E-state index contributed by atoms with van der Waals surface area (Å²) in [6, 6.07) is 5.87. The van der Waals surface area contributed by atoms with Crippen molar-refractivity contribution in [2.24, 2.45) is 0 Å². The summed E-state index contributed by atoms with van der Waals surface area (Å²) in [7, 11) is 0. The Balaban J connectivity index is 2.09. The highest BCUT2D eigenvalue weighted by molar-refractivity contribution is 7.99. The Bertz CT molecular complexity index is 416. The second-order valence-electron chi connectivity index (χ2n) is 4.61. The molecular weight excluding hydrogens is 246 g/mol. The Morgan fingerprint density at radius 2 is 2.11 bits per heavy atom. The SMILES string of the molecule is CC(C)Nc1cccc(C(=O)N2CCSCC2)n1. The van der Waals surface area contributed by atoms with Crippen molar-refractivity contribution in [1.82, 2.24) is 9.88 Å². The molecular formula is C13H19N3OS. The average Bonchev–Trinajstić information content (AvgIpc) is 2.38. The molecule has 1 N–H and O–H groups in total. The van der Waals surface area contributed by atoms with Crippen molar-refractivity contribution in [2.45, 2.75) is 19.9 Å². The Morgan fingerprint density at radius 1 is 1.39 bits per heavy atom. The standard InChI is InChI=1S/C13H19N3OS/c1-10(2)14-12-5-3-4-11(15-12)13(17)16-6-8-18-9-7-16/h3-5,10H,6-9H2,1-2H3,(H,14,15). The van der Waals surface area contributed by atoms with E-state index in [4.69, 9.17) is 0 Å². The molecule has 1 amide bonds. The molecule has 5 heteroatoms. The van der Waals surface area contributed by atoms with E-state index in [2.05, 4.69) is 24.1 Å². The minimum absolute atomic E-state index is 0.0442. The van der Waals surface area contributed by atoms with Gasteiger partial charge >= 0.3 is 0 Å². The molecule has 1 fully saturated rings. The van der Waals surface area contributed by atoms with Gasteiger partial charge in [0.1, 0.15) is 11.5 Å². The molecule has 0 saturated carbocycles. The third-order valence-corrected chi connectivity index (χ3v) is 3.65. The zero-order valence-electron chi connectivity index (χ0n) is 10.8. The number of nitrogens with one attached hydrogen (secondary N) is 1. The van der Waals surface area contributed by atoms with Gasteiger partial charge in [0, 0.05) is 30.6 Å². The van der Waals surface area contributed by atoms with E-state index in [1.54, 1.807) is 6.07 Å². The van der Waals surface area contributed by atoms with Crippen LogP contribution in [0.4, 0.5) is 5.82 Å². The summed E-state index contributed by atoms with van der Waals surface area (Å²) in [4.78, 5) is 18.5. The first-order chi connectivity index (χ1) is 8.66. The number of rotatable bonds is 3. The van der Waals surface area contributed by atoms with Crippen LogP contribution in [-0.4, -0.2) is 46.4 Å². The van der Waals surface area contributed by atoms with E-state index >= 15 is 0 Å². The van der Waals surface area contributed by atoms with Gasteiger partial charge in [0.2, 0.25) is 0 Å². The minimum Gasteiger partial charge on any atom is -0.368 e. The van der Waals surface area contributed by atoms with Crippen LogP contribution < -0.4 is 5.32 Å². The lowest BCUT2D eigenvalue weighted by Gasteiger charge is -2.26. The smallest absolute Gasteiger partial charge is 0.272 e. The first-order valence-corrected chi connectivity index (χ1v) is 7.43. The first-order valence-electron chi connectivity index (χ1n) is 6.27. The number of carbonyl (C=O) groups is 1. The Morgan fingerprint density at radius 3 is 2.78 bits per heavy atom. The molecule has 0 radical (unpaired) electrons. The zero-order chi connectivity index (χ0) is 13.0. The van der Waals surface area contributed by atoms with Crippen LogP contribution in [-0.2, 0) is 0 Å². The van der Waals surface area contributed by atoms with Crippen LogP contribution in [0.15, 0.2) is 18.2 Å². The highest BCUT2D eigenvalue weighted by Crippen LogP contribution is 2.13. The van der Waals surface area contributed by atoms with Gasteiger partial charge in [-0.25, -0.2) is 4.98 Å². The zero-order valence-corrected chi connectivity index (χ0v) is 11.7. The van der Waals surface area contributed by atoms with Crippen LogP contribution in [0.1, 0.15) is 24.3 Å². The van der Waals surface area contributed by atoms with Gasteiger partial charge < -0.3 is 10.2 Å². The van der Waals surface area contributed by atoms with E-state index in [1.165, 1.54) is 0 Å². The van der Waals surface area contributed by atoms with Crippen molar-refractivity contribution in [3.05, 3.63) is 23.9 Å². The quantitative estimate of drug-likeness (QED) is 0.909. The minimum atomic E-state index is 0.0442. The molecule has 18 heavy (non-hydrogen) atoms. The fourth-order valence-corrected chi connectivity index (χ4v) is 2.76. The van der Waals surface area contributed by atoms with Crippen molar-refractivity contribution < 1.29 is 4.79 Å². The number of aromatic nitrogens is 1. The Hall–Kier alpha value is -1.23. The number of hydrogen-bond donors (Lipinski definition) is 1. The van der Waals surface area contributed by atoms with Crippen LogP contribution in [0, 0.1) is 0 Å². The molecule has 0 aromatic carbocycles. The topological polar surface area (TPSA) is 45.2 Å². The lowest BCUT2D eigenvalue weighted by atomic mass is 10.3. The molecule has 1 aromatic rings. The summed E-state index contributed by atoms with van der Waals surface area (Å²) < 4.78 is 0. The molecule has 4 nitrogen and oxygen atoms in total. The number of thioether (sulfide) groups is 1. The molecule has 1 aliphatic rings. The van der Waals surface area contributed by atoms with E-state index < -0.39 is 0 Å². The molecule has 0 unspecified atom stereocenters. The largest absolute Gasteiger partial charge is 0.368 e. The van der Waals surface area contributed by atoms with E-state index in [0.29, 0.717) is 11.7 Å². The van der Waals surface area contributed by atoms with Crippen LogP contribution in [0.2, 0.25) is 0 Å². The van der Waals surface area contributed by atoms with Gasteiger partial charge in [-0.05, 0) is 26.0 Å². The van der Waals surface area contributed by atoms with Crippen molar-refractivity contribution in [3.63, 3.8) is 0 Å². The van der Waals surface area contributed by atoms with Gasteiger partial charge in [0.15, 0.2) is 0 Å². The number of nitrogens with zero attached hydrogens (tertiary/aromatic N) is 2. The van der Waals surface area contributed by atoms with Crippen LogP contribution in [0.25, 0.3) is 0 Å². The van der Waals surface area contributed by atoms with Gasteiger partial charge in [-0.1, -0.05) is 6.07 Å². The van der Waals surface area contributed by atoms with Gasteiger partial charge in [-0.15, -0.1) is 0 Å². The van der Waals surface area contributed by atoms with Gasteiger partial charge in [-0.2, -0.15) is 11.8 Å². The second kappa shape index (κ2) is 6.09. The third kappa shape index (κ3) is 3.38. The maximum absolute atomic E-state index is 12.3. The van der Waals surface area contributed by atoms with Crippen molar-refractivity contribution >= 4 is 23.5 Å². The number of carbonyl (C=O) groups excluding carboxylic acids is 1. The lowest BCUT2D eigenvalue weighted by Crippen LogP contribution is -2.38. The third-order valence-electron chi connectivity index (χ3n) is 2.70. The predicted octanol–water partition coefficient (Wildman–Crippen LogP) is 2.09. The molecule has 0 aliphatic carbocycles. The molecule has 2 rings (SSSR count). The highest BCUT2D eigenvalue weighted by atomic mass is 32.2. The monoisotopic (exact) mass is 265 g/mol. The van der Waals surface area contributed by atoms with Gasteiger partial charge in [0.05, 0.1) is 0 Å². The summed E-state index contributed by atoms with van der Waals surface area (Å²) in [5.74, 6) is 2.86. The van der Waals surface area contributed by atoms with E-state index in [9.17, 15) is 4.79 Å². The van der Waals surface area contributed by atoms with Crippen LogP contribution in [0.3, 0.4) is 0 Å². The molecule has 1 aliphatic heterocycles. The molecule has 1 saturated heterocycles. The fraction of sp³-hybridized carbons (Fsp3) is 0.538. The van der Waals surface area contributed by atoms with E-state index in [1.807, 2.05) is 28.8 Å². The predicted molar refractivity (Wildman–Crippen MR) is 76.2 cm³/mol. The normalized spacial score (nSPS) is 15.8. The first kappa shape index (κ1) is 13.2. The summed E-state index contributed by atoms with van der Waals surface area (Å²) in [5.41, 5.74) is 0.535. The Kier molecular flexibility index (Phi) is 4.47. The second-order valence-corrected chi connectivity index (χ2v) is 5.84. The molecule has 0 bridgehead atoms. The molecule has 0 atom stereocenters. The van der Waals surface area contributed by atoms with Crippen LogP contribution >= 0.6 is 11.8 Å². The fourth-order valence-electron chi connectivity index (χ4n) is 1.86. The average molecular weight is 265 g/mol. The Labute approximate surface area is 112 Å². The molecule has 98 valence electrons. The van der Waals surface area contributed by atoms with Crippen LogP contribution in [0.5, 0.6) is 0 Å². The lowest BCUT2D eigenvalue weighted by molar-refractivity contribution is 0.0766. The number of hydrogen-bond acceptors (Lipinski definition) is 4. The van der Waals surface area contributed by atoms with E-state index in [0.717, 1.165) is 30.4 Å². The number of pyridine rings is 1. The van der Waals surface area contributed by atoms with Crippen molar-refractivity contribution in [2.75, 3.05) is 29.9 Å². The summed E-state index contributed by atoms with van der Waals surface area (Å²) in [6.07, 6.45) is 0. The molecule has 2 heterocycles. The van der Waals surface area contributed by atoms with Gasteiger partial charge in [0.25, 0.3) is 5.91 Å². The van der Waals surface area contributed by atoms with Gasteiger partial charge in [-0.3, -0.25) is 4.79 Å². The van der Waals surface area contributed by atoms with Crippen molar-refractivity contribution in [3.8, 4) is 0 Å². The number of amides is 1. The van der Waals surface area contributed by atoms with Crippen molar-refractivity contribution in [1.29, 1.82) is 0 Å². The summed E-state index contributed by atoms with van der Waals surface area (Å²) in [6.45, 7) is 5.76. The molecule has 1 aromatic heterocycles. The van der Waals surface area contributed by atoms with E-state index in [-0.39, 0.29) is 5.91 Å². The maximum Gasteiger partial charge on any atom is 0.272 e. The maximum atomic E-state index is 12.3. The summed E-state index contributed by atoms with van der Waals surface area (Å²) >= 11 is 1.90. The number of anilines is 1. The highest BCUT2D eigenvalue weighted by Gasteiger charge is 2.19. The summed E-state index contributed by atoms with van der Waals surface area (Å²) in [5, 5.41) is 3.22.